The monoisotopic (exact) mass is 314 g/mol. The van der Waals surface area contributed by atoms with Crippen molar-refractivity contribution in [1.82, 2.24) is 19.6 Å². The highest BCUT2D eigenvalue weighted by atomic mass is 32.2. The predicted molar refractivity (Wildman–Crippen MR) is 84.0 cm³/mol. The molecule has 2 heterocycles. The first-order valence-corrected chi connectivity index (χ1v) is 7.99. The van der Waals surface area contributed by atoms with E-state index in [2.05, 4.69) is 15.1 Å². The van der Waals surface area contributed by atoms with Crippen LogP contribution in [0.2, 0.25) is 0 Å². The SMILES string of the molecule is CCOC(=O)c1cnc2nc(SC)nn2c1-c1ccccc1. The highest BCUT2D eigenvalue weighted by Gasteiger charge is 2.20. The van der Waals surface area contributed by atoms with Gasteiger partial charge in [0.05, 0.1) is 12.3 Å². The molecule has 0 N–H and O–H groups in total. The molecule has 0 aliphatic rings. The number of carbonyl (C=O) groups is 1. The van der Waals surface area contributed by atoms with Crippen molar-refractivity contribution >= 4 is 23.5 Å². The fraction of sp³-hybridized carbons (Fsp3) is 0.200. The average Bonchev–Trinajstić information content (AvgIpc) is 2.98. The van der Waals surface area contributed by atoms with Crippen LogP contribution in [0.3, 0.4) is 0 Å². The van der Waals surface area contributed by atoms with Crippen molar-refractivity contribution in [2.24, 2.45) is 0 Å². The second-order valence-corrected chi connectivity index (χ2v) is 5.19. The van der Waals surface area contributed by atoms with Crippen LogP contribution in [0, 0.1) is 0 Å². The van der Waals surface area contributed by atoms with Gasteiger partial charge in [-0.15, -0.1) is 5.10 Å². The Morgan fingerprint density at radius 2 is 2.09 bits per heavy atom. The molecule has 22 heavy (non-hydrogen) atoms. The van der Waals surface area contributed by atoms with E-state index in [0.29, 0.717) is 28.8 Å². The van der Waals surface area contributed by atoms with Crippen LogP contribution in [0.15, 0.2) is 41.7 Å². The normalized spacial score (nSPS) is 10.8. The van der Waals surface area contributed by atoms with Gasteiger partial charge in [-0.2, -0.15) is 9.50 Å². The lowest BCUT2D eigenvalue weighted by molar-refractivity contribution is 0.0526. The largest absolute Gasteiger partial charge is 0.462 e. The van der Waals surface area contributed by atoms with Gasteiger partial charge in [0.2, 0.25) is 5.16 Å². The molecule has 2 aromatic heterocycles. The van der Waals surface area contributed by atoms with Crippen molar-refractivity contribution in [3.63, 3.8) is 0 Å². The maximum absolute atomic E-state index is 12.2. The summed E-state index contributed by atoms with van der Waals surface area (Å²) in [5.74, 6) is 0.0354. The Balaban J connectivity index is 2.29. The fourth-order valence-corrected chi connectivity index (χ4v) is 2.47. The summed E-state index contributed by atoms with van der Waals surface area (Å²) in [5.41, 5.74) is 1.87. The van der Waals surface area contributed by atoms with Crippen LogP contribution in [0.1, 0.15) is 17.3 Å². The summed E-state index contributed by atoms with van der Waals surface area (Å²) < 4.78 is 6.72. The van der Waals surface area contributed by atoms with Gasteiger partial charge in [-0.25, -0.2) is 9.78 Å². The average molecular weight is 314 g/mol. The van der Waals surface area contributed by atoms with Gasteiger partial charge in [0.1, 0.15) is 5.56 Å². The molecule has 0 unspecified atom stereocenters. The number of rotatable bonds is 4. The number of ether oxygens (including phenoxy) is 1. The van der Waals surface area contributed by atoms with Gasteiger partial charge in [-0.3, -0.25) is 0 Å². The summed E-state index contributed by atoms with van der Waals surface area (Å²) in [7, 11) is 0. The molecule has 0 saturated heterocycles. The van der Waals surface area contributed by atoms with Crippen molar-refractivity contribution in [3.8, 4) is 11.3 Å². The Hall–Kier alpha value is -2.41. The molecular weight excluding hydrogens is 300 g/mol. The Labute approximate surface area is 131 Å². The van der Waals surface area contributed by atoms with Crippen LogP contribution in [0.5, 0.6) is 0 Å². The van der Waals surface area contributed by atoms with Gasteiger partial charge in [0, 0.05) is 11.8 Å². The summed E-state index contributed by atoms with van der Waals surface area (Å²) >= 11 is 1.42. The summed E-state index contributed by atoms with van der Waals surface area (Å²) in [5, 5.41) is 5.01. The summed E-state index contributed by atoms with van der Waals surface area (Å²) in [6, 6.07) is 9.56. The highest BCUT2D eigenvalue weighted by Crippen LogP contribution is 2.25. The quantitative estimate of drug-likeness (QED) is 0.545. The van der Waals surface area contributed by atoms with E-state index in [1.165, 1.54) is 18.0 Å². The number of hydrogen-bond acceptors (Lipinski definition) is 6. The van der Waals surface area contributed by atoms with Gasteiger partial charge >= 0.3 is 5.97 Å². The number of hydrogen-bond donors (Lipinski definition) is 0. The highest BCUT2D eigenvalue weighted by molar-refractivity contribution is 7.98. The molecule has 6 nitrogen and oxygen atoms in total. The van der Waals surface area contributed by atoms with Crippen molar-refractivity contribution < 1.29 is 9.53 Å². The van der Waals surface area contributed by atoms with Crippen LogP contribution >= 0.6 is 11.8 Å². The molecule has 3 aromatic rings. The Bertz CT molecular complexity index is 817. The fourth-order valence-electron chi connectivity index (χ4n) is 2.14. The van der Waals surface area contributed by atoms with Gasteiger partial charge in [-0.1, -0.05) is 42.1 Å². The van der Waals surface area contributed by atoms with Crippen molar-refractivity contribution in [1.29, 1.82) is 0 Å². The molecule has 112 valence electrons. The van der Waals surface area contributed by atoms with Crippen molar-refractivity contribution in [2.75, 3.05) is 12.9 Å². The second kappa shape index (κ2) is 6.15. The minimum Gasteiger partial charge on any atom is -0.462 e. The summed E-state index contributed by atoms with van der Waals surface area (Å²) in [6.07, 6.45) is 3.39. The first-order chi connectivity index (χ1) is 10.7. The second-order valence-electron chi connectivity index (χ2n) is 4.42. The van der Waals surface area contributed by atoms with Crippen LogP contribution in [0.25, 0.3) is 17.0 Å². The minimum absolute atomic E-state index is 0.304. The number of esters is 1. The van der Waals surface area contributed by atoms with Gasteiger partial charge in [0.15, 0.2) is 0 Å². The third-order valence-corrected chi connectivity index (χ3v) is 3.61. The molecule has 0 aliphatic carbocycles. The van der Waals surface area contributed by atoms with Gasteiger partial charge in [0.25, 0.3) is 5.78 Å². The first kappa shape index (κ1) is 14.5. The van der Waals surface area contributed by atoms with Crippen LogP contribution in [-0.2, 0) is 4.74 Å². The number of fused-ring (bicyclic) bond motifs is 1. The van der Waals surface area contributed by atoms with Crippen molar-refractivity contribution in [2.45, 2.75) is 12.1 Å². The molecule has 0 radical (unpaired) electrons. The first-order valence-electron chi connectivity index (χ1n) is 6.77. The molecule has 1 aromatic carbocycles. The van der Waals surface area contributed by atoms with Crippen molar-refractivity contribution in [3.05, 3.63) is 42.1 Å². The van der Waals surface area contributed by atoms with Crippen LogP contribution < -0.4 is 0 Å². The number of benzene rings is 1. The third-order valence-electron chi connectivity index (χ3n) is 3.07. The lowest BCUT2D eigenvalue weighted by Crippen LogP contribution is -2.11. The van der Waals surface area contributed by atoms with Crippen LogP contribution in [-0.4, -0.2) is 38.4 Å². The van der Waals surface area contributed by atoms with Gasteiger partial charge < -0.3 is 4.74 Å². The topological polar surface area (TPSA) is 69.4 Å². The van der Waals surface area contributed by atoms with E-state index in [1.54, 1.807) is 11.4 Å². The molecule has 0 fully saturated rings. The van der Waals surface area contributed by atoms with E-state index in [1.807, 2.05) is 36.6 Å². The maximum atomic E-state index is 12.2. The Kier molecular flexibility index (Phi) is 4.06. The minimum atomic E-state index is -0.419. The van der Waals surface area contributed by atoms with E-state index in [4.69, 9.17) is 4.74 Å². The lowest BCUT2D eigenvalue weighted by atomic mass is 10.1. The standard InChI is InChI=1S/C15H14N4O2S/c1-3-21-13(20)11-9-16-14-17-15(22-2)18-19(14)12(11)10-7-5-4-6-8-10/h4-9H,3H2,1-2H3. The molecule has 0 aliphatic heterocycles. The van der Waals surface area contributed by atoms with E-state index in [0.717, 1.165) is 5.56 Å². The van der Waals surface area contributed by atoms with Crippen LogP contribution in [0.4, 0.5) is 0 Å². The smallest absolute Gasteiger partial charge is 0.341 e. The molecule has 3 rings (SSSR count). The number of thioether (sulfide) groups is 1. The summed E-state index contributed by atoms with van der Waals surface area (Å²) in [6.45, 7) is 2.08. The zero-order valence-electron chi connectivity index (χ0n) is 12.2. The zero-order chi connectivity index (χ0) is 15.5. The molecule has 0 saturated carbocycles. The predicted octanol–water partition coefficient (Wildman–Crippen LogP) is 2.69. The Morgan fingerprint density at radius 1 is 1.32 bits per heavy atom. The molecule has 0 spiro atoms. The molecule has 0 atom stereocenters. The molecule has 0 bridgehead atoms. The van der Waals surface area contributed by atoms with E-state index < -0.39 is 5.97 Å². The maximum Gasteiger partial charge on any atom is 0.341 e. The Morgan fingerprint density at radius 3 is 2.77 bits per heavy atom. The molecular formula is C15H14N4O2S. The van der Waals surface area contributed by atoms with E-state index >= 15 is 0 Å². The third kappa shape index (κ3) is 2.55. The number of carbonyl (C=O) groups excluding carboxylic acids is 1. The van der Waals surface area contributed by atoms with Gasteiger partial charge in [-0.05, 0) is 13.2 Å². The lowest BCUT2D eigenvalue weighted by Gasteiger charge is -2.09. The number of nitrogens with zero attached hydrogens (tertiary/aromatic N) is 4. The van der Waals surface area contributed by atoms with E-state index in [-0.39, 0.29) is 0 Å². The molecule has 7 heteroatoms. The summed E-state index contributed by atoms with van der Waals surface area (Å²) in [4.78, 5) is 20.8. The van der Waals surface area contributed by atoms with E-state index in [9.17, 15) is 4.79 Å². The zero-order valence-corrected chi connectivity index (χ0v) is 13.0. The number of aromatic nitrogens is 4. The molecule has 0 amide bonds.